The lowest BCUT2D eigenvalue weighted by Gasteiger charge is -2.11. The summed E-state index contributed by atoms with van der Waals surface area (Å²) in [6.07, 6.45) is 3.26. The molecule has 7 heteroatoms. The number of nitrogens with one attached hydrogen (secondary N) is 2. The zero-order valence-electron chi connectivity index (χ0n) is 12.4. The van der Waals surface area contributed by atoms with Crippen LogP contribution in [0, 0.1) is 0 Å². The highest BCUT2D eigenvalue weighted by atomic mass is 79.9. The van der Waals surface area contributed by atoms with E-state index in [1.54, 1.807) is 30.5 Å². The highest BCUT2D eigenvalue weighted by Gasteiger charge is 2.12. The summed E-state index contributed by atoms with van der Waals surface area (Å²) in [5.41, 5.74) is 7.13. The molecule has 1 aromatic heterocycles. The van der Waals surface area contributed by atoms with Crippen molar-refractivity contribution in [2.75, 3.05) is 18.4 Å². The van der Waals surface area contributed by atoms with Crippen molar-refractivity contribution >= 4 is 33.4 Å². The van der Waals surface area contributed by atoms with Gasteiger partial charge in [0.2, 0.25) is 5.91 Å². The molecular weight excluding hydrogens is 360 g/mol. The Hall–Kier alpha value is -2.25. The Kier molecular flexibility index (Phi) is 6.25. The Bertz CT molecular complexity index is 706. The Balaban J connectivity index is 2.11. The maximum atomic E-state index is 12.3. The lowest BCUT2D eigenvalue weighted by atomic mass is 10.1. The molecule has 120 valence electrons. The predicted molar refractivity (Wildman–Crippen MR) is 92.1 cm³/mol. The van der Waals surface area contributed by atoms with E-state index in [0.717, 1.165) is 10.0 Å². The highest BCUT2D eigenvalue weighted by molar-refractivity contribution is 9.10. The minimum atomic E-state index is -0.284. The zero-order chi connectivity index (χ0) is 16.7. The van der Waals surface area contributed by atoms with Crippen molar-refractivity contribution in [2.45, 2.75) is 6.42 Å². The van der Waals surface area contributed by atoms with Gasteiger partial charge in [0, 0.05) is 35.6 Å². The minimum absolute atomic E-state index is 0.138. The number of nitrogens with zero attached hydrogens (tertiary/aromatic N) is 1. The van der Waals surface area contributed by atoms with Gasteiger partial charge in [0.1, 0.15) is 0 Å². The van der Waals surface area contributed by atoms with Crippen LogP contribution >= 0.6 is 15.9 Å². The molecule has 0 aliphatic heterocycles. The van der Waals surface area contributed by atoms with Crippen LogP contribution in [0.25, 0.3) is 0 Å². The summed E-state index contributed by atoms with van der Waals surface area (Å²) < 4.78 is 0.722. The first-order valence-corrected chi connectivity index (χ1v) is 7.86. The second-order valence-corrected chi connectivity index (χ2v) is 5.73. The minimum Gasteiger partial charge on any atom is -0.355 e. The molecular formula is C16H17BrN4O2. The third-order valence-corrected chi connectivity index (χ3v) is 3.48. The van der Waals surface area contributed by atoms with E-state index in [1.165, 1.54) is 6.20 Å². The van der Waals surface area contributed by atoms with Gasteiger partial charge in [-0.2, -0.15) is 0 Å². The molecule has 2 aromatic rings. The normalized spacial score (nSPS) is 10.2. The van der Waals surface area contributed by atoms with Gasteiger partial charge in [-0.05, 0) is 33.6 Å². The van der Waals surface area contributed by atoms with Crippen molar-refractivity contribution in [3.63, 3.8) is 0 Å². The number of para-hydroxylation sites is 1. The third-order valence-electron chi connectivity index (χ3n) is 3.05. The smallest absolute Gasteiger partial charge is 0.257 e. The van der Waals surface area contributed by atoms with E-state index >= 15 is 0 Å². The van der Waals surface area contributed by atoms with Crippen LogP contribution in [0.4, 0.5) is 5.69 Å². The molecule has 0 saturated carbocycles. The molecule has 2 rings (SSSR count). The molecule has 0 aliphatic carbocycles. The largest absolute Gasteiger partial charge is 0.355 e. The van der Waals surface area contributed by atoms with Gasteiger partial charge in [-0.15, -0.1) is 0 Å². The fourth-order valence-corrected chi connectivity index (χ4v) is 2.34. The van der Waals surface area contributed by atoms with Gasteiger partial charge >= 0.3 is 0 Å². The quantitative estimate of drug-likeness (QED) is 0.714. The summed E-state index contributed by atoms with van der Waals surface area (Å²) in [5.74, 6) is -0.421. The standard InChI is InChI=1S/C16H17BrN4O2/c17-13-7-12(9-19-10-13)16(23)21-14-4-2-1-3-11(14)8-15(22)20-6-5-18/h1-4,7,9-10H,5-6,8,18H2,(H,20,22)(H,21,23). The molecule has 0 saturated heterocycles. The van der Waals surface area contributed by atoms with Crippen LogP contribution in [0.3, 0.4) is 0 Å². The molecule has 4 N–H and O–H groups in total. The second-order valence-electron chi connectivity index (χ2n) is 4.82. The van der Waals surface area contributed by atoms with E-state index in [0.29, 0.717) is 24.3 Å². The molecule has 1 heterocycles. The molecule has 23 heavy (non-hydrogen) atoms. The number of rotatable bonds is 6. The SMILES string of the molecule is NCCNC(=O)Cc1ccccc1NC(=O)c1cncc(Br)c1. The van der Waals surface area contributed by atoms with Gasteiger partial charge in [-0.1, -0.05) is 18.2 Å². The van der Waals surface area contributed by atoms with Crippen molar-refractivity contribution in [3.05, 3.63) is 58.3 Å². The summed E-state index contributed by atoms with van der Waals surface area (Å²) >= 11 is 3.28. The van der Waals surface area contributed by atoms with Crippen LogP contribution in [0.1, 0.15) is 15.9 Å². The Morgan fingerprint density at radius 3 is 2.74 bits per heavy atom. The van der Waals surface area contributed by atoms with E-state index in [9.17, 15) is 9.59 Å². The summed E-state index contributed by atoms with van der Waals surface area (Å²) in [7, 11) is 0. The summed E-state index contributed by atoms with van der Waals surface area (Å²) in [6.45, 7) is 0.817. The van der Waals surface area contributed by atoms with Crippen molar-refractivity contribution in [3.8, 4) is 0 Å². The fraction of sp³-hybridized carbons (Fsp3) is 0.188. The summed E-state index contributed by atoms with van der Waals surface area (Å²) in [4.78, 5) is 28.1. The van der Waals surface area contributed by atoms with Gasteiger partial charge in [0.25, 0.3) is 5.91 Å². The molecule has 6 nitrogen and oxygen atoms in total. The number of benzene rings is 1. The van der Waals surface area contributed by atoms with E-state index in [1.807, 2.05) is 6.07 Å². The molecule has 0 fully saturated rings. The van der Waals surface area contributed by atoms with E-state index < -0.39 is 0 Å². The predicted octanol–water partition coefficient (Wildman–Crippen LogP) is 1.71. The van der Waals surface area contributed by atoms with Gasteiger partial charge in [0.05, 0.1) is 12.0 Å². The number of anilines is 1. The van der Waals surface area contributed by atoms with Crippen molar-refractivity contribution < 1.29 is 9.59 Å². The first kappa shape index (κ1) is 17.1. The van der Waals surface area contributed by atoms with Crippen LogP contribution in [-0.4, -0.2) is 29.9 Å². The first-order chi connectivity index (χ1) is 11.1. The zero-order valence-corrected chi connectivity index (χ0v) is 14.0. The van der Waals surface area contributed by atoms with Crippen molar-refractivity contribution in [2.24, 2.45) is 5.73 Å². The van der Waals surface area contributed by atoms with Crippen molar-refractivity contribution in [1.82, 2.24) is 10.3 Å². The average molecular weight is 377 g/mol. The van der Waals surface area contributed by atoms with E-state index in [4.69, 9.17) is 5.73 Å². The van der Waals surface area contributed by atoms with Gasteiger partial charge in [0.15, 0.2) is 0 Å². The lowest BCUT2D eigenvalue weighted by molar-refractivity contribution is -0.120. The van der Waals surface area contributed by atoms with Crippen LogP contribution in [0.15, 0.2) is 47.2 Å². The topological polar surface area (TPSA) is 97.1 Å². The number of nitrogens with two attached hydrogens (primary N) is 1. The highest BCUT2D eigenvalue weighted by Crippen LogP contribution is 2.18. The number of halogens is 1. The molecule has 2 amide bonds. The lowest BCUT2D eigenvalue weighted by Crippen LogP contribution is -2.30. The summed E-state index contributed by atoms with van der Waals surface area (Å²) in [6, 6.07) is 8.86. The number of carbonyl (C=O) groups excluding carboxylic acids is 2. The first-order valence-electron chi connectivity index (χ1n) is 7.06. The maximum Gasteiger partial charge on any atom is 0.257 e. The molecule has 0 spiro atoms. The Morgan fingerprint density at radius 1 is 1.22 bits per heavy atom. The van der Waals surface area contributed by atoms with E-state index in [-0.39, 0.29) is 18.2 Å². The third kappa shape index (κ3) is 5.15. The van der Waals surface area contributed by atoms with Gasteiger partial charge in [-0.3, -0.25) is 14.6 Å². The number of amides is 2. The summed E-state index contributed by atoms with van der Waals surface area (Å²) in [5, 5.41) is 5.52. The number of aromatic nitrogens is 1. The van der Waals surface area contributed by atoms with Crippen LogP contribution in [-0.2, 0) is 11.2 Å². The Morgan fingerprint density at radius 2 is 2.00 bits per heavy atom. The second kappa shape index (κ2) is 8.40. The van der Waals surface area contributed by atoms with Crippen LogP contribution in [0.2, 0.25) is 0 Å². The number of pyridine rings is 1. The number of hydrogen-bond donors (Lipinski definition) is 3. The fourth-order valence-electron chi connectivity index (χ4n) is 1.97. The Labute approximate surface area is 142 Å². The molecule has 0 atom stereocenters. The monoisotopic (exact) mass is 376 g/mol. The number of hydrogen-bond acceptors (Lipinski definition) is 4. The van der Waals surface area contributed by atoms with Crippen LogP contribution in [0.5, 0.6) is 0 Å². The molecule has 0 aliphatic rings. The molecule has 0 radical (unpaired) electrons. The molecule has 0 bridgehead atoms. The van der Waals surface area contributed by atoms with Gasteiger partial charge in [-0.25, -0.2) is 0 Å². The maximum absolute atomic E-state index is 12.3. The van der Waals surface area contributed by atoms with Crippen molar-refractivity contribution in [1.29, 1.82) is 0 Å². The average Bonchev–Trinajstić information content (AvgIpc) is 2.54. The van der Waals surface area contributed by atoms with E-state index in [2.05, 4.69) is 31.5 Å². The molecule has 1 aromatic carbocycles. The number of carbonyl (C=O) groups is 2. The van der Waals surface area contributed by atoms with Crippen LogP contribution < -0.4 is 16.4 Å². The van der Waals surface area contributed by atoms with Gasteiger partial charge < -0.3 is 16.4 Å². The molecule has 0 unspecified atom stereocenters.